The zero-order chi connectivity index (χ0) is 13.5. The summed E-state index contributed by atoms with van der Waals surface area (Å²) < 4.78 is 5.21. The molecule has 0 aromatic rings. The lowest BCUT2D eigenvalue weighted by atomic mass is 10.3. The fourth-order valence-corrected chi connectivity index (χ4v) is 1.67. The molecule has 0 aliphatic carbocycles. The summed E-state index contributed by atoms with van der Waals surface area (Å²) in [6, 6.07) is -0.447. The van der Waals surface area contributed by atoms with Gasteiger partial charge in [0.25, 0.3) is 0 Å². The van der Waals surface area contributed by atoms with Gasteiger partial charge < -0.3 is 24.7 Å². The summed E-state index contributed by atoms with van der Waals surface area (Å²) in [5.74, 6) is 1.13. The number of terminal acetylenes is 1. The summed E-state index contributed by atoms with van der Waals surface area (Å²) in [4.78, 5) is 25.2. The van der Waals surface area contributed by atoms with E-state index >= 15 is 0 Å². The largest absolute Gasteiger partial charge is 0.480 e. The molecule has 1 heterocycles. The van der Waals surface area contributed by atoms with E-state index in [2.05, 4.69) is 5.92 Å². The predicted molar refractivity (Wildman–Crippen MR) is 61.8 cm³/mol. The molecule has 18 heavy (non-hydrogen) atoms. The van der Waals surface area contributed by atoms with Gasteiger partial charge in [-0.15, -0.1) is 6.42 Å². The highest BCUT2D eigenvalue weighted by molar-refractivity contribution is 5.80. The van der Waals surface area contributed by atoms with Crippen molar-refractivity contribution in [3.05, 3.63) is 0 Å². The SMILES string of the molecule is C#CCN(CC(=O)O)C(=O)N1CCOC(CO)C1. The summed E-state index contributed by atoms with van der Waals surface area (Å²) in [5, 5.41) is 17.7. The Hall–Kier alpha value is -1.78. The number of carboxylic acid groups (broad SMARTS) is 1. The van der Waals surface area contributed by atoms with Crippen LogP contribution >= 0.6 is 0 Å². The number of ether oxygens (including phenoxy) is 1. The average Bonchev–Trinajstić information content (AvgIpc) is 2.37. The highest BCUT2D eigenvalue weighted by atomic mass is 16.5. The van der Waals surface area contributed by atoms with Crippen molar-refractivity contribution in [1.29, 1.82) is 0 Å². The molecule has 0 bridgehead atoms. The van der Waals surface area contributed by atoms with Gasteiger partial charge in [0.15, 0.2) is 0 Å². The standard InChI is InChI=1S/C11H16N2O5/c1-2-3-12(7-10(15)16)11(17)13-4-5-18-9(6-13)8-14/h1,9,14H,3-8H2,(H,15,16). The molecule has 1 aliphatic rings. The van der Waals surface area contributed by atoms with Crippen molar-refractivity contribution in [1.82, 2.24) is 9.80 Å². The number of rotatable bonds is 4. The molecule has 7 heteroatoms. The van der Waals surface area contributed by atoms with E-state index in [1.54, 1.807) is 0 Å². The van der Waals surface area contributed by atoms with Gasteiger partial charge in [0.1, 0.15) is 6.54 Å². The molecule has 0 aromatic heterocycles. The molecular formula is C11H16N2O5. The predicted octanol–water partition coefficient (Wildman–Crippen LogP) is -1.18. The third kappa shape index (κ3) is 3.91. The first-order chi connectivity index (χ1) is 8.58. The monoisotopic (exact) mass is 256 g/mol. The summed E-state index contributed by atoms with van der Waals surface area (Å²) in [7, 11) is 0. The number of aliphatic carboxylic acids is 1. The van der Waals surface area contributed by atoms with Crippen molar-refractivity contribution in [2.75, 3.05) is 39.4 Å². The van der Waals surface area contributed by atoms with Crippen molar-refractivity contribution in [2.24, 2.45) is 0 Å². The van der Waals surface area contributed by atoms with E-state index in [1.165, 1.54) is 4.90 Å². The third-order valence-electron chi connectivity index (χ3n) is 2.49. The van der Waals surface area contributed by atoms with E-state index in [0.29, 0.717) is 13.2 Å². The summed E-state index contributed by atoms with van der Waals surface area (Å²) >= 11 is 0. The first-order valence-corrected chi connectivity index (χ1v) is 5.50. The Morgan fingerprint density at radius 2 is 2.28 bits per heavy atom. The van der Waals surface area contributed by atoms with Gasteiger partial charge in [-0.05, 0) is 0 Å². The molecule has 1 unspecified atom stereocenters. The van der Waals surface area contributed by atoms with Crippen LogP contribution < -0.4 is 0 Å². The Balaban J connectivity index is 2.64. The fourth-order valence-electron chi connectivity index (χ4n) is 1.67. The summed E-state index contributed by atoms with van der Waals surface area (Å²) in [6.45, 7) is 0.217. The van der Waals surface area contributed by atoms with E-state index in [4.69, 9.17) is 21.4 Å². The average molecular weight is 256 g/mol. The van der Waals surface area contributed by atoms with Crippen LogP contribution in [0.25, 0.3) is 0 Å². The van der Waals surface area contributed by atoms with Crippen molar-refractivity contribution < 1.29 is 24.5 Å². The number of aliphatic hydroxyl groups excluding tert-OH is 1. The number of morpholine rings is 1. The number of hydrogen-bond donors (Lipinski definition) is 2. The number of hydrogen-bond acceptors (Lipinski definition) is 4. The van der Waals surface area contributed by atoms with Crippen LogP contribution in [0.15, 0.2) is 0 Å². The van der Waals surface area contributed by atoms with Gasteiger partial charge in [-0.25, -0.2) is 4.79 Å². The molecule has 1 saturated heterocycles. The summed E-state index contributed by atoms with van der Waals surface area (Å²) in [6.07, 6.45) is 4.68. The van der Waals surface area contributed by atoms with Crippen LogP contribution in [0.3, 0.4) is 0 Å². The normalized spacial score (nSPS) is 19.1. The molecular weight excluding hydrogens is 240 g/mol. The molecule has 0 aromatic carbocycles. The molecule has 0 radical (unpaired) electrons. The minimum absolute atomic E-state index is 0.0632. The van der Waals surface area contributed by atoms with Gasteiger partial charge in [-0.1, -0.05) is 5.92 Å². The van der Waals surface area contributed by atoms with Crippen LogP contribution in [0.1, 0.15) is 0 Å². The smallest absolute Gasteiger partial charge is 0.323 e. The van der Waals surface area contributed by atoms with E-state index in [0.717, 1.165) is 4.90 Å². The molecule has 7 nitrogen and oxygen atoms in total. The van der Waals surface area contributed by atoms with Gasteiger partial charge >= 0.3 is 12.0 Å². The molecule has 1 atom stereocenters. The zero-order valence-electron chi connectivity index (χ0n) is 9.91. The molecule has 2 N–H and O–H groups in total. The van der Waals surface area contributed by atoms with E-state index in [9.17, 15) is 9.59 Å². The van der Waals surface area contributed by atoms with Gasteiger partial charge in [0.2, 0.25) is 0 Å². The van der Waals surface area contributed by atoms with Gasteiger partial charge in [-0.3, -0.25) is 4.79 Å². The Bertz CT molecular complexity index is 352. The van der Waals surface area contributed by atoms with E-state index < -0.39 is 24.6 Å². The van der Waals surface area contributed by atoms with Crippen molar-refractivity contribution >= 4 is 12.0 Å². The summed E-state index contributed by atoms with van der Waals surface area (Å²) in [5.41, 5.74) is 0. The second-order valence-electron chi connectivity index (χ2n) is 3.86. The number of carbonyl (C=O) groups excluding carboxylic acids is 1. The first-order valence-electron chi connectivity index (χ1n) is 5.50. The van der Waals surface area contributed by atoms with Crippen LogP contribution in [-0.2, 0) is 9.53 Å². The number of amides is 2. The maximum Gasteiger partial charge on any atom is 0.323 e. The maximum absolute atomic E-state index is 12.0. The second-order valence-corrected chi connectivity index (χ2v) is 3.86. The van der Waals surface area contributed by atoms with Crippen LogP contribution in [0, 0.1) is 12.3 Å². The van der Waals surface area contributed by atoms with Crippen molar-refractivity contribution in [3.8, 4) is 12.3 Å². The van der Waals surface area contributed by atoms with Crippen molar-refractivity contribution in [2.45, 2.75) is 6.10 Å². The molecule has 1 aliphatic heterocycles. The lowest BCUT2D eigenvalue weighted by Crippen LogP contribution is -2.52. The number of carbonyl (C=O) groups is 2. The molecule has 0 saturated carbocycles. The number of aliphatic hydroxyl groups is 1. The third-order valence-corrected chi connectivity index (χ3v) is 2.49. The van der Waals surface area contributed by atoms with Crippen molar-refractivity contribution in [3.63, 3.8) is 0 Å². The Labute approximate surface area is 105 Å². The lowest BCUT2D eigenvalue weighted by Gasteiger charge is -2.34. The molecule has 2 amide bonds. The minimum Gasteiger partial charge on any atom is -0.480 e. The zero-order valence-corrected chi connectivity index (χ0v) is 9.91. The molecule has 100 valence electrons. The quantitative estimate of drug-likeness (QED) is 0.618. The van der Waals surface area contributed by atoms with Crippen LogP contribution in [0.4, 0.5) is 4.79 Å². The van der Waals surface area contributed by atoms with E-state index in [1.807, 2.05) is 0 Å². The Kier molecular flexibility index (Phi) is 5.42. The maximum atomic E-state index is 12.0. The van der Waals surface area contributed by atoms with Crippen LogP contribution in [0.2, 0.25) is 0 Å². The van der Waals surface area contributed by atoms with Gasteiger partial charge in [0, 0.05) is 6.54 Å². The highest BCUT2D eigenvalue weighted by Crippen LogP contribution is 2.08. The number of nitrogens with zero attached hydrogens (tertiary/aromatic N) is 2. The Morgan fingerprint density at radius 1 is 1.56 bits per heavy atom. The van der Waals surface area contributed by atoms with E-state index in [-0.39, 0.29) is 19.7 Å². The van der Waals surface area contributed by atoms with Gasteiger partial charge in [-0.2, -0.15) is 0 Å². The fraction of sp³-hybridized carbons (Fsp3) is 0.636. The molecule has 1 fully saturated rings. The number of urea groups is 1. The van der Waals surface area contributed by atoms with Gasteiger partial charge in [0.05, 0.1) is 32.4 Å². The molecule has 0 spiro atoms. The van der Waals surface area contributed by atoms with Crippen LogP contribution in [-0.4, -0.2) is 77.5 Å². The van der Waals surface area contributed by atoms with Crippen LogP contribution in [0.5, 0.6) is 0 Å². The minimum atomic E-state index is -1.12. The molecule has 1 rings (SSSR count). The Morgan fingerprint density at radius 3 is 2.83 bits per heavy atom. The number of carboxylic acids is 1. The second kappa shape index (κ2) is 6.83. The highest BCUT2D eigenvalue weighted by Gasteiger charge is 2.27. The topological polar surface area (TPSA) is 90.3 Å². The first kappa shape index (κ1) is 14.3. The lowest BCUT2D eigenvalue weighted by molar-refractivity contribution is -0.137.